The Hall–Kier alpha value is -2.89. The number of hydrogen-bond acceptors (Lipinski definition) is 3. The number of rotatable bonds is 8. The molecule has 0 heterocycles. The van der Waals surface area contributed by atoms with E-state index in [-0.39, 0.29) is 11.7 Å². The largest absolute Gasteiger partial charge is 0.494 e. The fourth-order valence-electron chi connectivity index (χ4n) is 2.04. The average molecular weight is 330 g/mol. The summed E-state index contributed by atoms with van der Waals surface area (Å²) in [5.41, 5.74) is 5.99. The highest BCUT2D eigenvalue weighted by Crippen LogP contribution is 2.11. The van der Waals surface area contributed by atoms with Crippen LogP contribution in [0.25, 0.3) is 0 Å². The van der Waals surface area contributed by atoms with Crippen molar-refractivity contribution >= 4 is 11.8 Å². The van der Waals surface area contributed by atoms with Gasteiger partial charge in [0.1, 0.15) is 11.6 Å². The van der Waals surface area contributed by atoms with Crippen molar-refractivity contribution in [3.05, 3.63) is 65.5 Å². The van der Waals surface area contributed by atoms with E-state index < -0.39 is 5.91 Å². The molecule has 0 aromatic heterocycles. The third kappa shape index (κ3) is 5.39. The van der Waals surface area contributed by atoms with Crippen molar-refractivity contribution in [1.29, 1.82) is 0 Å². The Morgan fingerprint density at radius 3 is 2.21 bits per heavy atom. The number of hydrogen-bond donors (Lipinski definition) is 2. The van der Waals surface area contributed by atoms with E-state index in [0.717, 1.165) is 12.8 Å². The highest BCUT2D eigenvalue weighted by atomic mass is 19.1. The molecule has 5 nitrogen and oxygen atoms in total. The second-order valence-electron chi connectivity index (χ2n) is 5.21. The van der Waals surface area contributed by atoms with Crippen molar-refractivity contribution in [1.82, 2.24) is 5.32 Å². The van der Waals surface area contributed by atoms with Crippen LogP contribution in [-0.4, -0.2) is 25.0 Å². The highest BCUT2D eigenvalue weighted by molar-refractivity contribution is 5.97. The molecule has 0 radical (unpaired) electrons. The Kier molecular flexibility index (Phi) is 6.31. The molecule has 126 valence electrons. The second-order valence-corrected chi connectivity index (χ2v) is 5.21. The van der Waals surface area contributed by atoms with Crippen LogP contribution in [0, 0.1) is 5.82 Å². The van der Waals surface area contributed by atoms with Crippen LogP contribution in [0.15, 0.2) is 48.5 Å². The molecule has 0 aliphatic carbocycles. The minimum absolute atomic E-state index is 0.203. The number of carbonyl (C=O) groups is 2. The molecule has 0 saturated carbocycles. The van der Waals surface area contributed by atoms with Crippen LogP contribution in [0.4, 0.5) is 4.39 Å². The van der Waals surface area contributed by atoms with E-state index in [0.29, 0.717) is 30.0 Å². The van der Waals surface area contributed by atoms with E-state index in [1.807, 2.05) is 0 Å². The fourth-order valence-corrected chi connectivity index (χ4v) is 2.04. The molecule has 0 aliphatic rings. The Morgan fingerprint density at radius 2 is 1.58 bits per heavy atom. The number of amides is 2. The molecule has 0 unspecified atom stereocenters. The predicted octanol–water partition coefficient (Wildman–Crippen LogP) is 2.51. The summed E-state index contributed by atoms with van der Waals surface area (Å²) in [7, 11) is 0. The van der Waals surface area contributed by atoms with Crippen molar-refractivity contribution in [3.8, 4) is 5.75 Å². The molecule has 0 saturated heterocycles. The van der Waals surface area contributed by atoms with Gasteiger partial charge in [0.05, 0.1) is 6.61 Å². The van der Waals surface area contributed by atoms with Gasteiger partial charge >= 0.3 is 0 Å². The lowest BCUT2D eigenvalue weighted by Crippen LogP contribution is -2.24. The smallest absolute Gasteiger partial charge is 0.251 e. The van der Waals surface area contributed by atoms with Crippen LogP contribution in [0.5, 0.6) is 5.75 Å². The van der Waals surface area contributed by atoms with Gasteiger partial charge in [-0.15, -0.1) is 0 Å². The number of nitrogens with two attached hydrogens (primary N) is 1. The molecule has 0 atom stereocenters. The van der Waals surface area contributed by atoms with Crippen LogP contribution in [0.3, 0.4) is 0 Å². The van der Waals surface area contributed by atoms with Crippen LogP contribution in [-0.2, 0) is 0 Å². The maximum absolute atomic E-state index is 12.7. The highest BCUT2D eigenvalue weighted by Gasteiger charge is 2.06. The summed E-state index contributed by atoms with van der Waals surface area (Å²) >= 11 is 0. The molecule has 2 aromatic carbocycles. The zero-order chi connectivity index (χ0) is 17.4. The Morgan fingerprint density at radius 1 is 0.958 bits per heavy atom. The van der Waals surface area contributed by atoms with E-state index >= 15 is 0 Å². The normalized spacial score (nSPS) is 10.2. The van der Waals surface area contributed by atoms with Gasteiger partial charge in [0.2, 0.25) is 5.91 Å². The first-order valence-electron chi connectivity index (χ1n) is 7.62. The van der Waals surface area contributed by atoms with Gasteiger partial charge in [-0.25, -0.2) is 4.39 Å². The maximum Gasteiger partial charge on any atom is 0.251 e. The van der Waals surface area contributed by atoms with E-state index in [1.165, 1.54) is 24.3 Å². The van der Waals surface area contributed by atoms with E-state index in [4.69, 9.17) is 10.5 Å². The van der Waals surface area contributed by atoms with Gasteiger partial charge in [-0.3, -0.25) is 9.59 Å². The summed E-state index contributed by atoms with van der Waals surface area (Å²) in [5.74, 6) is -0.405. The van der Waals surface area contributed by atoms with Crippen LogP contribution < -0.4 is 15.8 Å². The molecular weight excluding hydrogens is 311 g/mol. The molecule has 0 aliphatic heterocycles. The van der Waals surface area contributed by atoms with Crippen LogP contribution >= 0.6 is 0 Å². The summed E-state index contributed by atoms with van der Waals surface area (Å²) in [6.07, 6.45) is 1.52. The van der Waals surface area contributed by atoms with Crippen molar-refractivity contribution in [2.45, 2.75) is 12.8 Å². The quantitative estimate of drug-likeness (QED) is 0.730. The summed E-state index contributed by atoms with van der Waals surface area (Å²) in [5, 5.41) is 2.79. The van der Waals surface area contributed by atoms with Crippen molar-refractivity contribution in [3.63, 3.8) is 0 Å². The van der Waals surface area contributed by atoms with Gasteiger partial charge < -0.3 is 15.8 Å². The van der Waals surface area contributed by atoms with Gasteiger partial charge in [-0.05, 0) is 61.4 Å². The third-order valence-corrected chi connectivity index (χ3v) is 3.37. The maximum atomic E-state index is 12.7. The first-order chi connectivity index (χ1) is 11.6. The van der Waals surface area contributed by atoms with E-state index in [9.17, 15) is 14.0 Å². The Balaban J connectivity index is 1.64. The van der Waals surface area contributed by atoms with Gasteiger partial charge in [0, 0.05) is 17.7 Å². The van der Waals surface area contributed by atoms with E-state index in [2.05, 4.69) is 5.32 Å². The summed E-state index contributed by atoms with van der Waals surface area (Å²) in [4.78, 5) is 22.9. The molecule has 2 rings (SSSR count). The van der Waals surface area contributed by atoms with Crippen molar-refractivity contribution in [2.75, 3.05) is 13.2 Å². The third-order valence-electron chi connectivity index (χ3n) is 3.37. The standard InChI is InChI=1S/C18H19FN2O3/c19-15-7-9-16(10-8-15)24-12-2-1-11-21-18(23)14-5-3-13(4-6-14)17(20)22/h3-10H,1-2,11-12H2,(H2,20,22)(H,21,23). The number of nitrogens with one attached hydrogen (secondary N) is 1. The zero-order valence-corrected chi connectivity index (χ0v) is 13.1. The first kappa shape index (κ1) is 17.5. The zero-order valence-electron chi connectivity index (χ0n) is 13.1. The Bertz CT molecular complexity index is 684. The predicted molar refractivity (Wildman–Crippen MR) is 88.4 cm³/mol. The Labute approximate surface area is 139 Å². The minimum Gasteiger partial charge on any atom is -0.494 e. The minimum atomic E-state index is -0.525. The second kappa shape index (κ2) is 8.67. The number of unbranched alkanes of at least 4 members (excludes halogenated alkanes) is 1. The monoisotopic (exact) mass is 330 g/mol. The molecule has 0 bridgehead atoms. The summed E-state index contributed by atoms with van der Waals surface area (Å²) in [6.45, 7) is 1.01. The molecule has 2 amide bonds. The molecular formula is C18H19FN2O3. The fraction of sp³-hybridized carbons (Fsp3) is 0.222. The lowest BCUT2D eigenvalue weighted by Gasteiger charge is -2.07. The lowest BCUT2D eigenvalue weighted by molar-refractivity contribution is 0.0949. The molecule has 0 spiro atoms. The summed E-state index contributed by atoms with van der Waals surface area (Å²) < 4.78 is 18.2. The van der Waals surface area contributed by atoms with Crippen LogP contribution in [0.1, 0.15) is 33.6 Å². The van der Waals surface area contributed by atoms with Gasteiger partial charge in [0.15, 0.2) is 0 Å². The average Bonchev–Trinajstić information content (AvgIpc) is 2.59. The number of ether oxygens (including phenoxy) is 1. The number of primary amides is 1. The molecule has 3 N–H and O–H groups in total. The SMILES string of the molecule is NC(=O)c1ccc(C(=O)NCCCCOc2ccc(F)cc2)cc1. The number of halogens is 1. The summed E-state index contributed by atoms with van der Waals surface area (Å²) in [6, 6.07) is 12.0. The van der Waals surface area contributed by atoms with Gasteiger partial charge in [0.25, 0.3) is 5.91 Å². The molecule has 24 heavy (non-hydrogen) atoms. The van der Waals surface area contributed by atoms with E-state index in [1.54, 1.807) is 24.3 Å². The van der Waals surface area contributed by atoms with Crippen molar-refractivity contribution < 1.29 is 18.7 Å². The van der Waals surface area contributed by atoms with Gasteiger partial charge in [-0.1, -0.05) is 0 Å². The topological polar surface area (TPSA) is 81.4 Å². The van der Waals surface area contributed by atoms with Gasteiger partial charge in [-0.2, -0.15) is 0 Å². The number of carbonyl (C=O) groups excluding carboxylic acids is 2. The first-order valence-corrected chi connectivity index (χ1v) is 7.62. The molecule has 2 aromatic rings. The lowest BCUT2D eigenvalue weighted by atomic mass is 10.1. The molecule has 6 heteroatoms. The molecule has 0 fully saturated rings. The number of benzene rings is 2. The van der Waals surface area contributed by atoms with Crippen LogP contribution in [0.2, 0.25) is 0 Å². The van der Waals surface area contributed by atoms with Crippen molar-refractivity contribution in [2.24, 2.45) is 5.73 Å².